The van der Waals surface area contributed by atoms with Crippen LogP contribution >= 0.6 is 11.6 Å². The van der Waals surface area contributed by atoms with Gasteiger partial charge in [-0.3, -0.25) is 4.79 Å². The van der Waals surface area contributed by atoms with Crippen molar-refractivity contribution in [3.63, 3.8) is 0 Å². The van der Waals surface area contributed by atoms with Gasteiger partial charge in [0.05, 0.1) is 18.7 Å². The minimum Gasteiger partial charge on any atom is -0.469 e. The molecule has 0 spiro atoms. The number of nitrogens with zero attached hydrogens (tertiary/aromatic N) is 2. The molecule has 0 saturated heterocycles. The Morgan fingerprint density at radius 1 is 1.38 bits per heavy atom. The van der Waals surface area contributed by atoms with Crippen molar-refractivity contribution in [1.29, 1.82) is 0 Å². The SMILES string of the molecule is COC(=O)C1CCn2c(-c3ccc(C)cc3)nc(Cl)c2C1. The highest BCUT2D eigenvalue weighted by atomic mass is 35.5. The van der Waals surface area contributed by atoms with Crippen molar-refractivity contribution in [2.45, 2.75) is 26.3 Å². The number of carbonyl (C=O) groups excluding carboxylic acids is 1. The Labute approximate surface area is 128 Å². The number of esters is 1. The number of methoxy groups -OCH3 is 1. The van der Waals surface area contributed by atoms with Gasteiger partial charge in [-0.1, -0.05) is 41.4 Å². The first-order valence-electron chi connectivity index (χ1n) is 7.00. The molecule has 1 aromatic heterocycles. The third kappa shape index (κ3) is 2.56. The number of aryl methyl sites for hydroxylation is 1. The molecular weight excluding hydrogens is 288 g/mol. The largest absolute Gasteiger partial charge is 0.469 e. The Kier molecular flexibility index (Phi) is 3.72. The molecule has 2 aromatic rings. The summed E-state index contributed by atoms with van der Waals surface area (Å²) in [5.41, 5.74) is 3.18. The molecule has 0 radical (unpaired) electrons. The second-order valence-electron chi connectivity index (χ2n) is 5.40. The van der Waals surface area contributed by atoms with Crippen molar-refractivity contribution in [3.8, 4) is 11.4 Å². The highest BCUT2D eigenvalue weighted by Crippen LogP contribution is 2.32. The minimum atomic E-state index is -0.171. The van der Waals surface area contributed by atoms with E-state index in [2.05, 4.69) is 28.6 Å². The molecule has 5 heteroatoms. The molecule has 0 aliphatic carbocycles. The van der Waals surface area contributed by atoms with Crippen LogP contribution in [0.3, 0.4) is 0 Å². The summed E-state index contributed by atoms with van der Waals surface area (Å²) < 4.78 is 6.96. The summed E-state index contributed by atoms with van der Waals surface area (Å²) >= 11 is 6.27. The van der Waals surface area contributed by atoms with Gasteiger partial charge in [0.25, 0.3) is 0 Å². The molecule has 21 heavy (non-hydrogen) atoms. The maximum atomic E-state index is 11.7. The summed E-state index contributed by atoms with van der Waals surface area (Å²) in [4.78, 5) is 16.2. The van der Waals surface area contributed by atoms with Crippen molar-refractivity contribution in [2.24, 2.45) is 5.92 Å². The van der Waals surface area contributed by atoms with Gasteiger partial charge in [0.2, 0.25) is 0 Å². The molecular formula is C16H17ClN2O2. The van der Waals surface area contributed by atoms with E-state index in [0.29, 0.717) is 11.6 Å². The van der Waals surface area contributed by atoms with Crippen LogP contribution in [0.15, 0.2) is 24.3 Å². The second kappa shape index (κ2) is 5.53. The molecule has 1 atom stereocenters. The van der Waals surface area contributed by atoms with E-state index in [-0.39, 0.29) is 11.9 Å². The summed E-state index contributed by atoms with van der Waals surface area (Å²) in [6.07, 6.45) is 1.34. The van der Waals surface area contributed by atoms with E-state index in [1.165, 1.54) is 12.7 Å². The third-order valence-electron chi connectivity index (χ3n) is 4.01. The molecule has 1 aromatic carbocycles. The van der Waals surface area contributed by atoms with Gasteiger partial charge in [-0.05, 0) is 13.3 Å². The summed E-state index contributed by atoms with van der Waals surface area (Å²) in [6, 6.07) is 8.22. The Balaban J connectivity index is 1.97. The molecule has 0 saturated carbocycles. The van der Waals surface area contributed by atoms with Gasteiger partial charge in [0.1, 0.15) is 5.82 Å². The molecule has 0 fully saturated rings. The van der Waals surface area contributed by atoms with E-state index in [1.807, 2.05) is 12.1 Å². The van der Waals surface area contributed by atoms with E-state index in [1.54, 1.807) is 0 Å². The van der Waals surface area contributed by atoms with Gasteiger partial charge in [0.15, 0.2) is 5.15 Å². The maximum absolute atomic E-state index is 11.7. The number of fused-ring (bicyclic) bond motifs is 1. The molecule has 1 aliphatic heterocycles. The molecule has 0 amide bonds. The van der Waals surface area contributed by atoms with Crippen LogP contribution in [0.2, 0.25) is 5.15 Å². The van der Waals surface area contributed by atoms with Crippen molar-refractivity contribution in [3.05, 3.63) is 40.7 Å². The topological polar surface area (TPSA) is 44.1 Å². The zero-order valence-electron chi connectivity index (χ0n) is 12.1. The van der Waals surface area contributed by atoms with Gasteiger partial charge in [-0.15, -0.1) is 0 Å². The van der Waals surface area contributed by atoms with E-state index in [9.17, 15) is 4.79 Å². The normalized spacial score (nSPS) is 17.4. The Morgan fingerprint density at radius 2 is 2.10 bits per heavy atom. The minimum absolute atomic E-state index is 0.123. The number of benzene rings is 1. The second-order valence-corrected chi connectivity index (χ2v) is 5.76. The zero-order valence-corrected chi connectivity index (χ0v) is 12.9. The number of halogens is 1. The number of imidazole rings is 1. The first-order valence-corrected chi connectivity index (χ1v) is 7.37. The Bertz CT molecular complexity index is 676. The number of rotatable bonds is 2. The van der Waals surface area contributed by atoms with Crippen LogP contribution < -0.4 is 0 Å². The molecule has 110 valence electrons. The van der Waals surface area contributed by atoms with Crippen LogP contribution in [0, 0.1) is 12.8 Å². The number of ether oxygens (including phenoxy) is 1. The van der Waals surface area contributed by atoms with Crippen LogP contribution in [0.5, 0.6) is 0 Å². The predicted molar refractivity (Wildman–Crippen MR) is 81.2 cm³/mol. The third-order valence-corrected chi connectivity index (χ3v) is 4.31. The van der Waals surface area contributed by atoms with Gasteiger partial charge in [-0.25, -0.2) is 4.98 Å². The number of hydrogen-bond donors (Lipinski definition) is 0. The molecule has 1 unspecified atom stereocenters. The van der Waals surface area contributed by atoms with Gasteiger partial charge in [-0.2, -0.15) is 0 Å². The fourth-order valence-electron chi connectivity index (χ4n) is 2.80. The van der Waals surface area contributed by atoms with Crippen LogP contribution in [-0.2, 0) is 22.5 Å². The van der Waals surface area contributed by atoms with Gasteiger partial charge in [0, 0.05) is 18.5 Å². The summed E-state index contributed by atoms with van der Waals surface area (Å²) in [5.74, 6) is 0.580. The molecule has 3 rings (SSSR count). The van der Waals surface area contributed by atoms with Crippen LogP contribution in [0.25, 0.3) is 11.4 Å². The van der Waals surface area contributed by atoms with E-state index in [0.717, 1.165) is 30.0 Å². The molecule has 2 heterocycles. The quantitative estimate of drug-likeness (QED) is 0.800. The average molecular weight is 305 g/mol. The fraction of sp³-hybridized carbons (Fsp3) is 0.375. The molecule has 1 aliphatic rings. The lowest BCUT2D eigenvalue weighted by atomic mass is 9.96. The lowest BCUT2D eigenvalue weighted by molar-refractivity contribution is -0.146. The van der Waals surface area contributed by atoms with E-state index in [4.69, 9.17) is 16.3 Å². The van der Waals surface area contributed by atoms with Crippen LogP contribution in [0.1, 0.15) is 17.7 Å². The van der Waals surface area contributed by atoms with Crippen molar-refractivity contribution >= 4 is 17.6 Å². The van der Waals surface area contributed by atoms with Crippen molar-refractivity contribution < 1.29 is 9.53 Å². The smallest absolute Gasteiger partial charge is 0.309 e. The standard InChI is InChI=1S/C16H17ClN2O2/c1-10-3-5-11(6-4-10)15-18-14(17)13-9-12(16(20)21-2)7-8-19(13)15/h3-6,12H,7-9H2,1-2H3. The number of carbonyl (C=O) groups is 1. The average Bonchev–Trinajstić information content (AvgIpc) is 2.84. The van der Waals surface area contributed by atoms with E-state index >= 15 is 0 Å². The van der Waals surface area contributed by atoms with E-state index < -0.39 is 0 Å². The van der Waals surface area contributed by atoms with Crippen LogP contribution in [-0.4, -0.2) is 22.6 Å². The monoisotopic (exact) mass is 304 g/mol. The lowest BCUT2D eigenvalue weighted by Crippen LogP contribution is -2.26. The van der Waals surface area contributed by atoms with Crippen molar-refractivity contribution in [1.82, 2.24) is 9.55 Å². The first kappa shape index (κ1) is 14.1. The fourth-order valence-corrected chi connectivity index (χ4v) is 3.06. The predicted octanol–water partition coefficient (Wildman–Crippen LogP) is 3.25. The highest BCUT2D eigenvalue weighted by Gasteiger charge is 2.29. The van der Waals surface area contributed by atoms with Crippen molar-refractivity contribution in [2.75, 3.05) is 7.11 Å². The van der Waals surface area contributed by atoms with Gasteiger partial charge >= 0.3 is 5.97 Å². The first-order chi connectivity index (χ1) is 10.1. The van der Waals surface area contributed by atoms with Crippen LogP contribution in [0.4, 0.5) is 0 Å². The number of aromatic nitrogens is 2. The molecule has 0 bridgehead atoms. The summed E-state index contributed by atoms with van der Waals surface area (Å²) in [7, 11) is 1.42. The maximum Gasteiger partial charge on any atom is 0.309 e. The summed E-state index contributed by atoms with van der Waals surface area (Å²) in [6.45, 7) is 2.79. The van der Waals surface area contributed by atoms with Gasteiger partial charge < -0.3 is 9.30 Å². The Hall–Kier alpha value is -1.81. The lowest BCUT2D eigenvalue weighted by Gasteiger charge is -2.23. The molecule has 0 N–H and O–H groups in total. The molecule has 4 nitrogen and oxygen atoms in total. The summed E-state index contributed by atoms with van der Waals surface area (Å²) in [5, 5.41) is 0.485. The Morgan fingerprint density at radius 3 is 2.76 bits per heavy atom. The highest BCUT2D eigenvalue weighted by molar-refractivity contribution is 6.30. The zero-order chi connectivity index (χ0) is 15.0. The number of hydrogen-bond acceptors (Lipinski definition) is 3.